The van der Waals surface area contributed by atoms with Crippen LogP contribution in [0.2, 0.25) is 0 Å². The molecule has 2 aromatic rings. The van der Waals surface area contributed by atoms with Gasteiger partial charge in [0, 0.05) is 5.56 Å². The first-order chi connectivity index (χ1) is 11.3. The van der Waals surface area contributed by atoms with Crippen molar-refractivity contribution in [1.82, 2.24) is 0 Å². The van der Waals surface area contributed by atoms with Crippen LogP contribution < -0.4 is 9.04 Å². The van der Waals surface area contributed by atoms with Crippen LogP contribution >= 0.6 is 0 Å². The van der Waals surface area contributed by atoms with Crippen molar-refractivity contribution in [3.05, 3.63) is 59.7 Å². The summed E-state index contributed by atoms with van der Waals surface area (Å²) in [4.78, 5) is 11.3. The molecule has 2 rings (SSSR count). The van der Waals surface area contributed by atoms with E-state index in [0.717, 1.165) is 17.6 Å². The van der Waals surface area contributed by atoms with Crippen molar-refractivity contribution in [2.24, 2.45) is 0 Å². The number of Topliss-reactive ketones (excluding diaryl/α,β-unsaturated/α-hetero) is 1. The van der Waals surface area contributed by atoms with Gasteiger partial charge in [-0.3, -0.25) is 9.10 Å². The van der Waals surface area contributed by atoms with E-state index in [2.05, 4.69) is 0 Å². The minimum Gasteiger partial charge on any atom is -0.491 e. The number of hydrogen-bond donors (Lipinski definition) is 0. The van der Waals surface area contributed by atoms with Gasteiger partial charge in [-0.15, -0.1) is 0 Å². The maximum absolute atomic E-state index is 12.1. The van der Waals surface area contributed by atoms with Gasteiger partial charge in [-0.1, -0.05) is 18.2 Å². The fourth-order valence-corrected chi connectivity index (χ4v) is 3.22. The molecule has 0 bridgehead atoms. The molecule has 0 aliphatic heterocycles. The molecule has 0 heterocycles. The fourth-order valence-electron chi connectivity index (χ4n) is 2.31. The average Bonchev–Trinajstić information content (AvgIpc) is 2.52. The molecule has 2 aromatic carbocycles. The van der Waals surface area contributed by atoms with E-state index >= 15 is 0 Å². The molecule has 0 unspecified atom stereocenters. The first-order valence-electron chi connectivity index (χ1n) is 7.56. The number of hydrogen-bond acceptors (Lipinski definition) is 4. The van der Waals surface area contributed by atoms with E-state index in [-0.39, 0.29) is 18.9 Å². The average molecular weight is 347 g/mol. The topological polar surface area (TPSA) is 63.7 Å². The molecular formula is C18H21NO4S. The van der Waals surface area contributed by atoms with Crippen LogP contribution in [-0.4, -0.2) is 33.6 Å². The van der Waals surface area contributed by atoms with Crippen molar-refractivity contribution in [3.8, 4) is 5.75 Å². The van der Waals surface area contributed by atoms with Gasteiger partial charge in [0.15, 0.2) is 5.78 Å². The summed E-state index contributed by atoms with van der Waals surface area (Å²) in [5.41, 5.74) is 2.05. The number of anilines is 1. The second-order valence-electron chi connectivity index (χ2n) is 5.55. The summed E-state index contributed by atoms with van der Waals surface area (Å²) in [6, 6.07) is 14.1. The lowest BCUT2D eigenvalue weighted by atomic mass is 10.1. The summed E-state index contributed by atoms with van der Waals surface area (Å²) in [7, 11) is -3.45. The normalized spacial score (nSPS) is 11.1. The molecule has 0 aliphatic rings. The summed E-state index contributed by atoms with van der Waals surface area (Å²) in [6.07, 6.45) is 1.15. The fraction of sp³-hybridized carbons (Fsp3) is 0.278. The van der Waals surface area contributed by atoms with Gasteiger partial charge in [0.05, 0.1) is 18.5 Å². The second-order valence-corrected chi connectivity index (χ2v) is 7.46. The van der Waals surface area contributed by atoms with Crippen LogP contribution in [-0.2, 0) is 10.0 Å². The third-order valence-corrected chi connectivity index (χ3v) is 4.80. The summed E-state index contributed by atoms with van der Waals surface area (Å²) >= 11 is 0. The zero-order valence-corrected chi connectivity index (χ0v) is 14.8. The molecule has 0 amide bonds. The molecule has 0 saturated carbocycles. The lowest BCUT2D eigenvalue weighted by Crippen LogP contribution is -2.33. The zero-order chi connectivity index (χ0) is 17.7. The Morgan fingerprint density at radius 1 is 1.08 bits per heavy atom. The minimum absolute atomic E-state index is 0.0599. The number of ether oxygens (including phenoxy) is 1. The van der Waals surface area contributed by atoms with Gasteiger partial charge < -0.3 is 4.74 Å². The van der Waals surface area contributed by atoms with E-state index in [1.165, 1.54) is 11.2 Å². The highest BCUT2D eigenvalue weighted by Gasteiger charge is 2.17. The number of benzene rings is 2. The SMILES string of the molecule is CC(=O)c1ccc(N(CCOc2ccccc2C)S(C)(=O)=O)cc1. The molecule has 0 radical (unpaired) electrons. The van der Waals surface area contributed by atoms with Crippen LogP contribution in [0.3, 0.4) is 0 Å². The van der Waals surface area contributed by atoms with E-state index in [1.807, 2.05) is 31.2 Å². The predicted octanol–water partition coefficient (Wildman–Crippen LogP) is 3.04. The highest BCUT2D eigenvalue weighted by Crippen LogP contribution is 2.20. The largest absolute Gasteiger partial charge is 0.491 e. The molecule has 0 atom stereocenters. The molecule has 24 heavy (non-hydrogen) atoms. The quantitative estimate of drug-likeness (QED) is 0.722. The standard InChI is InChI=1S/C18H21NO4S/c1-14-6-4-5-7-18(14)23-13-12-19(24(3,21)22)17-10-8-16(9-11-17)15(2)20/h4-11H,12-13H2,1-3H3. The van der Waals surface area contributed by atoms with Gasteiger partial charge >= 0.3 is 0 Å². The smallest absolute Gasteiger partial charge is 0.232 e. The number of sulfonamides is 1. The third-order valence-electron chi connectivity index (χ3n) is 3.61. The van der Waals surface area contributed by atoms with Crippen molar-refractivity contribution in [3.63, 3.8) is 0 Å². The molecule has 128 valence electrons. The van der Waals surface area contributed by atoms with Crippen molar-refractivity contribution < 1.29 is 17.9 Å². The Balaban J connectivity index is 2.12. The first kappa shape index (κ1) is 18.0. The Labute approximate surface area is 142 Å². The molecule has 0 N–H and O–H groups in total. The van der Waals surface area contributed by atoms with Crippen LogP contribution in [0, 0.1) is 6.92 Å². The Kier molecular flexibility index (Phi) is 5.62. The van der Waals surface area contributed by atoms with Crippen molar-refractivity contribution in [2.45, 2.75) is 13.8 Å². The number of carbonyl (C=O) groups is 1. The maximum atomic E-state index is 12.1. The number of carbonyl (C=O) groups excluding carboxylic acids is 1. The van der Waals surface area contributed by atoms with Gasteiger partial charge in [-0.05, 0) is 49.7 Å². The van der Waals surface area contributed by atoms with Crippen LogP contribution in [0.15, 0.2) is 48.5 Å². The van der Waals surface area contributed by atoms with Gasteiger partial charge in [-0.25, -0.2) is 8.42 Å². The summed E-state index contributed by atoms with van der Waals surface area (Å²) in [5, 5.41) is 0. The van der Waals surface area contributed by atoms with E-state index in [9.17, 15) is 13.2 Å². The summed E-state index contributed by atoms with van der Waals surface area (Å²) in [6.45, 7) is 3.82. The molecular weight excluding hydrogens is 326 g/mol. The summed E-state index contributed by atoms with van der Waals surface area (Å²) < 4.78 is 31.1. The van der Waals surface area contributed by atoms with Gasteiger partial charge in [0.1, 0.15) is 12.4 Å². The Morgan fingerprint density at radius 2 is 1.71 bits per heavy atom. The summed E-state index contributed by atoms with van der Waals surface area (Å²) in [5.74, 6) is 0.674. The van der Waals surface area contributed by atoms with Crippen LogP contribution in [0.5, 0.6) is 5.75 Å². The predicted molar refractivity (Wildman–Crippen MR) is 95.3 cm³/mol. The minimum atomic E-state index is -3.45. The zero-order valence-electron chi connectivity index (χ0n) is 14.0. The molecule has 6 heteroatoms. The molecule has 0 fully saturated rings. The molecule has 0 aliphatic carbocycles. The molecule has 0 aromatic heterocycles. The Bertz CT molecular complexity index is 813. The van der Waals surface area contributed by atoms with Crippen molar-refractivity contribution in [1.29, 1.82) is 0 Å². The highest BCUT2D eigenvalue weighted by molar-refractivity contribution is 7.92. The van der Waals surface area contributed by atoms with E-state index < -0.39 is 10.0 Å². The van der Waals surface area contributed by atoms with Crippen LogP contribution in [0.4, 0.5) is 5.69 Å². The first-order valence-corrected chi connectivity index (χ1v) is 9.41. The molecule has 0 spiro atoms. The monoisotopic (exact) mass is 347 g/mol. The number of rotatable bonds is 7. The van der Waals surface area contributed by atoms with Gasteiger partial charge in [0.2, 0.25) is 10.0 Å². The van der Waals surface area contributed by atoms with E-state index in [4.69, 9.17) is 4.74 Å². The lowest BCUT2D eigenvalue weighted by Gasteiger charge is -2.23. The highest BCUT2D eigenvalue weighted by atomic mass is 32.2. The lowest BCUT2D eigenvalue weighted by molar-refractivity contribution is 0.101. The molecule has 5 nitrogen and oxygen atoms in total. The van der Waals surface area contributed by atoms with Crippen LogP contribution in [0.1, 0.15) is 22.8 Å². The Morgan fingerprint density at radius 3 is 2.25 bits per heavy atom. The number of nitrogens with zero attached hydrogens (tertiary/aromatic N) is 1. The van der Waals surface area contributed by atoms with Crippen molar-refractivity contribution >= 4 is 21.5 Å². The molecule has 0 saturated heterocycles. The van der Waals surface area contributed by atoms with Crippen LogP contribution in [0.25, 0.3) is 0 Å². The third kappa shape index (κ3) is 4.58. The van der Waals surface area contributed by atoms with Gasteiger partial charge in [0.25, 0.3) is 0 Å². The number of ketones is 1. The van der Waals surface area contributed by atoms with E-state index in [0.29, 0.717) is 11.3 Å². The second kappa shape index (κ2) is 7.49. The Hall–Kier alpha value is -2.34. The number of aryl methyl sites for hydroxylation is 1. The van der Waals surface area contributed by atoms with E-state index in [1.54, 1.807) is 24.3 Å². The maximum Gasteiger partial charge on any atom is 0.232 e. The van der Waals surface area contributed by atoms with Crippen molar-refractivity contribution in [2.75, 3.05) is 23.7 Å². The number of para-hydroxylation sites is 1. The van der Waals surface area contributed by atoms with Gasteiger partial charge in [-0.2, -0.15) is 0 Å².